The van der Waals surface area contributed by atoms with Gasteiger partial charge >= 0.3 is 0 Å². The first kappa shape index (κ1) is 29.9. The number of para-hydroxylation sites is 5. The van der Waals surface area contributed by atoms with Crippen molar-refractivity contribution in [2.45, 2.75) is 27.7 Å². The Balaban J connectivity index is 0.000000171. The Hall–Kier alpha value is -4.60. The zero-order chi connectivity index (χ0) is 30.2. The van der Waals surface area contributed by atoms with Crippen molar-refractivity contribution >= 4 is 50.1 Å². The van der Waals surface area contributed by atoms with E-state index in [0.717, 1.165) is 10.2 Å². The first-order chi connectivity index (χ1) is 20.9. The lowest BCUT2D eigenvalue weighted by Gasteiger charge is -2.28. The van der Waals surface area contributed by atoms with Crippen molar-refractivity contribution < 1.29 is 0 Å². The Labute approximate surface area is 265 Å². The molecule has 0 unspecified atom stereocenters. The van der Waals surface area contributed by atoms with Crippen molar-refractivity contribution in [2.75, 3.05) is 9.80 Å². The third-order valence-electron chi connectivity index (χ3n) is 7.52. The molecule has 3 heteroatoms. The van der Waals surface area contributed by atoms with Crippen molar-refractivity contribution in [3.05, 3.63) is 178 Å². The van der Waals surface area contributed by atoms with Gasteiger partial charge in [-0.1, -0.05) is 107 Å². The Morgan fingerprint density at radius 2 is 0.605 bits per heavy atom. The standard InChI is InChI=1S/C20H18BrN.C20H19N/c1-15-7-3-5-9-19(15)22(18-13-11-17(21)12-14-18)20-10-6-4-8-16(20)2;1-16-10-6-8-14-19(16)21(18-12-4-3-5-13-18)20-15-9-7-11-17(20)2/h3-14H,1-2H3;3-15H,1-2H3. The van der Waals surface area contributed by atoms with E-state index in [1.807, 2.05) is 0 Å². The van der Waals surface area contributed by atoms with Crippen LogP contribution in [0.5, 0.6) is 0 Å². The van der Waals surface area contributed by atoms with Crippen molar-refractivity contribution in [3.8, 4) is 0 Å². The Kier molecular flexibility index (Phi) is 9.76. The van der Waals surface area contributed by atoms with Gasteiger partial charge in [0.25, 0.3) is 0 Å². The normalized spacial score (nSPS) is 10.4. The van der Waals surface area contributed by atoms with E-state index in [4.69, 9.17) is 0 Å². The van der Waals surface area contributed by atoms with Crippen LogP contribution in [0.25, 0.3) is 0 Å². The minimum atomic E-state index is 1.09. The van der Waals surface area contributed by atoms with E-state index in [1.54, 1.807) is 0 Å². The number of rotatable bonds is 6. The number of hydrogen-bond donors (Lipinski definition) is 0. The molecule has 0 bridgehead atoms. The van der Waals surface area contributed by atoms with Crippen molar-refractivity contribution in [2.24, 2.45) is 0 Å². The highest BCUT2D eigenvalue weighted by atomic mass is 79.9. The van der Waals surface area contributed by atoms with Gasteiger partial charge in [-0.2, -0.15) is 0 Å². The van der Waals surface area contributed by atoms with Gasteiger partial charge in [0.2, 0.25) is 0 Å². The van der Waals surface area contributed by atoms with E-state index in [2.05, 4.69) is 205 Å². The molecule has 0 radical (unpaired) electrons. The van der Waals surface area contributed by atoms with Crippen LogP contribution in [0.2, 0.25) is 0 Å². The minimum Gasteiger partial charge on any atom is -0.310 e. The molecular weight excluding hydrogens is 588 g/mol. The molecule has 2 nitrogen and oxygen atoms in total. The average molecular weight is 626 g/mol. The van der Waals surface area contributed by atoms with Crippen molar-refractivity contribution in [1.29, 1.82) is 0 Å². The van der Waals surface area contributed by atoms with Crippen LogP contribution in [0.4, 0.5) is 34.1 Å². The zero-order valence-corrected chi connectivity index (χ0v) is 26.8. The molecule has 0 aliphatic carbocycles. The predicted molar refractivity (Wildman–Crippen MR) is 189 cm³/mol. The van der Waals surface area contributed by atoms with Crippen LogP contribution >= 0.6 is 15.9 Å². The van der Waals surface area contributed by atoms with Crippen LogP contribution in [0, 0.1) is 27.7 Å². The van der Waals surface area contributed by atoms with Gasteiger partial charge in [-0.05, 0) is 111 Å². The highest BCUT2D eigenvalue weighted by Crippen LogP contribution is 2.39. The highest BCUT2D eigenvalue weighted by Gasteiger charge is 2.16. The van der Waals surface area contributed by atoms with Gasteiger partial charge in [-0.3, -0.25) is 0 Å². The maximum Gasteiger partial charge on any atom is 0.0490 e. The van der Waals surface area contributed by atoms with Gasteiger partial charge in [0, 0.05) is 38.6 Å². The number of nitrogens with zero attached hydrogens (tertiary/aromatic N) is 2. The second-order valence-corrected chi connectivity index (χ2v) is 11.5. The summed E-state index contributed by atoms with van der Waals surface area (Å²) in [6.07, 6.45) is 0. The number of hydrogen-bond acceptors (Lipinski definition) is 2. The molecule has 0 heterocycles. The zero-order valence-electron chi connectivity index (χ0n) is 25.2. The molecule has 0 saturated carbocycles. The number of anilines is 6. The van der Waals surface area contributed by atoms with E-state index < -0.39 is 0 Å². The quantitative estimate of drug-likeness (QED) is 0.182. The summed E-state index contributed by atoms with van der Waals surface area (Å²) < 4.78 is 1.09. The first-order valence-electron chi connectivity index (χ1n) is 14.6. The van der Waals surface area contributed by atoms with E-state index >= 15 is 0 Å². The molecule has 43 heavy (non-hydrogen) atoms. The molecule has 6 aromatic carbocycles. The van der Waals surface area contributed by atoms with Crippen LogP contribution in [-0.4, -0.2) is 0 Å². The lowest BCUT2D eigenvalue weighted by Crippen LogP contribution is -2.12. The molecule has 0 amide bonds. The maximum atomic E-state index is 3.52. The highest BCUT2D eigenvalue weighted by molar-refractivity contribution is 9.10. The fourth-order valence-corrected chi connectivity index (χ4v) is 5.50. The van der Waals surface area contributed by atoms with Crippen LogP contribution in [-0.2, 0) is 0 Å². The fourth-order valence-electron chi connectivity index (χ4n) is 5.24. The second-order valence-electron chi connectivity index (χ2n) is 10.6. The second kappa shape index (κ2) is 14.0. The van der Waals surface area contributed by atoms with E-state index in [1.165, 1.54) is 50.7 Å². The van der Waals surface area contributed by atoms with Gasteiger partial charge in [-0.15, -0.1) is 0 Å². The summed E-state index contributed by atoms with van der Waals surface area (Å²) in [4.78, 5) is 4.64. The lowest BCUT2D eigenvalue weighted by molar-refractivity contribution is 1.22. The molecule has 0 atom stereocenters. The molecule has 0 spiro atoms. The van der Waals surface area contributed by atoms with Crippen LogP contribution in [0.15, 0.2) is 156 Å². The van der Waals surface area contributed by atoms with Crippen LogP contribution in [0.3, 0.4) is 0 Å². The van der Waals surface area contributed by atoms with E-state index in [9.17, 15) is 0 Å². The summed E-state index contributed by atoms with van der Waals surface area (Å²) >= 11 is 3.52. The summed E-state index contributed by atoms with van der Waals surface area (Å²) in [6, 6.07) is 53.0. The van der Waals surface area contributed by atoms with Gasteiger partial charge < -0.3 is 9.80 Å². The molecule has 0 aliphatic rings. The monoisotopic (exact) mass is 624 g/mol. The SMILES string of the molecule is Cc1ccccc1N(c1ccc(Br)cc1)c1ccccc1C.Cc1ccccc1N(c1ccccc1)c1ccccc1C. The number of benzene rings is 6. The molecular formula is C40H37BrN2. The largest absolute Gasteiger partial charge is 0.310 e. The van der Waals surface area contributed by atoms with Crippen molar-refractivity contribution in [1.82, 2.24) is 0 Å². The summed E-state index contributed by atoms with van der Waals surface area (Å²) in [7, 11) is 0. The molecule has 214 valence electrons. The Morgan fingerprint density at radius 3 is 0.930 bits per heavy atom. The third kappa shape index (κ3) is 7.07. The van der Waals surface area contributed by atoms with Gasteiger partial charge in [0.05, 0.1) is 0 Å². The summed E-state index contributed by atoms with van der Waals surface area (Å²) in [5.41, 5.74) is 12.2. The van der Waals surface area contributed by atoms with Crippen molar-refractivity contribution in [3.63, 3.8) is 0 Å². The minimum absolute atomic E-state index is 1.09. The van der Waals surface area contributed by atoms with Gasteiger partial charge in [0.15, 0.2) is 0 Å². The summed E-state index contributed by atoms with van der Waals surface area (Å²) in [6.45, 7) is 8.62. The molecule has 0 aliphatic heterocycles. The van der Waals surface area contributed by atoms with Crippen LogP contribution in [0.1, 0.15) is 22.3 Å². The molecule has 0 fully saturated rings. The Bertz CT molecular complexity index is 1690. The van der Waals surface area contributed by atoms with E-state index in [-0.39, 0.29) is 0 Å². The summed E-state index contributed by atoms with van der Waals surface area (Å²) in [5.74, 6) is 0. The molecule has 6 rings (SSSR count). The lowest BCUT2D eigenvalue weighted by atomic mass is 10.1. The van der Waals surface area contributed by atoms with Gasteiger partial charge in [0.1, 0.15) is 0 Å². The molecule has 0 saturated heterocycles. The Morgan fingerprint density at radius 1 is 0.326 bits per heavy atom. The number of aryl methyl sites for hydroxylation is 4. The topological polar surface area (TPSA) is 6.48 Å². The molecule has 6 aromatic rings. The fraction of sp³-hybridized carbons (Fsp3) is 0.100. The predicted octanol–water partition coefficient (Wildman–Crippen LogP) is 12.3. The summed E-state index contributed by atoms with van der Waals surface area (Å²) in [5, 5.41) is 0. The average Bonchev–Trinajstić information content (AvgIpc) is 3.03. The van der Waals surface area contributed by atoms with Gasteiger partial charge in [-0.25, -0.2) is 0 Å². The maximum absolute atomic E-state index is 3.52. The molecule has 0 aromatic heterocycles. The van der Waals surface area contributed by atoms with E-state index in [0.29, 0.717) is 0 Å². The third-order valence-corrected chi connectivity index (χ3v) is 8.05. The molecule has 0 N–H and O–H groups in total. The number of halogens is 1. The first-order valence-corrected chi connectivity index (χ1v) is 15.4. The van der Waals surface area contributed by atoms with Crippen LogP contribution < -0.4 is 9.80 Å². The smallest absolute Gasteiger partial charge is 0.0490 e.